The normalized spacial score (nSPS) is 15.6. The molecule has 1 aliphatic heterocycles. The summed E-state index contributed by atoms with van der Waals surface area (Å²) in [6.07, 6.45) is 0. The first-order valence-electron chi connectivity index (χ1n) is 12.6. The van der Waals surface area contributed by atoms with E-state index >= 15 is 0 Å². The molecule has 3 aromatic carbocycles. The van der Waals surface area contributed by atoms with Gasteiger partial charge >= 0.3 is 0 Å². The van der Waals surface area contributed by atoms with Crippen molar-refractivity contribution in [3.05, 3.63) is 107 Å². The molecule has 1 unspecified atom stereocenters. The Hall–Kier alpha value is -4.32. The molecule has 37 heavy (non-hydrogen) atoms. The maximum atomic E-state index is 13.8. The lowest BCUT2D eigenvalue weighted by Crippen LogP contribution is -2.31. The lowest BCUT2D eigenvalue weighted by Gasteiger charge is -2.29. The molecule has 1 aliphatic rings. The minimum atomic E-state index is -0.805. The zero-order valence-electron chi connectivity index (χ0n) is 21.5. The van der Waals surface area contributed by atoms with Crippen LogP contribution in [0.3, 0.4) is 0 Å². The third-order valence-corrected chi connectivity index (χ3v) is 7.05. The maximum Gasteiger partial charge on any atom is 0.294 e. The van der Waals surface area contributed by atoms with E-state index in [9.17, 15) is 14.7 Å². The van der Waals surface area contributed by atoms with Gasteiger partial charge in [-0.3, -0.25) is 14.5 Å². The number of fused-ring (bicyclic) bond motifs is 1. The van der Waals surface area contributed by atoms with E-state index in [0.717, 1.165) is 40.9 Å². The van der Waals surface area contributed by atoms with Crippen LogP contribution in [-0.4, -0.2) is 29.9 Å². The van der Waals surface area contributed by atoms with Crippen molar-refractivity contribution in [2.45, 2.75) is 33.7 Å². The number of ketones is 1. The van der Waals surface area contributed by atoms with Gasteiger partial charge < -0.3 is 14.4 Å². The van der Waals surface area contributed by atoms with Crippen molar-refractivity contribution in [2.24, 2.45) is 0 Å². The average molecular weight is 495 g/mol. The van der Waals surface area contributed by atoms with Crippen molar-refractivity contribution in [3.8, 4) is 0 Å². The second-order valence-corrected chi connectivity index (χ2v) is 9.37. The van der Waals surface area contributed by atoms with E-state index in [0.29, 0.717) is 11.3 Å². The summed E-state index contributed by atoms with van der Waals surface area (Å²) in [4.78, 5) is 31.1. The zero-order chi connectivity index (χ0) is 26.3. The molecular formula is C31H30N2O4. The fourth-order valence-electron chi connectivity index (χ4n) is 5.16. The van der Waals surface area contributed by atoms with Crippen LogP contribution in [0.2, 0.25) is 0 Å². The van der Waals surface area contributed by atoms with Crippen LogP contribution in [0, 0.1) is 13.8 Å². The number of anilines is 2. The van der Waals surface area contributed by atoms with Crippen molar-refractivity contribution in [2.75, 3.05) is 22.9 Å². The van der Waals surface area contributed by atoms with E-state index in [1.54, 1.807) is 12.1 Å². The van der Waals surface area contributed by atoms with Gasteiger partial charge in [0.05, 0.1) is 11.6 Å². The number of para-hydroxylation sites is 1. The van der Waals surface area contributed by atoms with Gasteiger partial charge in [0.2, 0.25) is 5.78 Å². The Bertz CT molecular complexity index is 1490. The van der Waals surface area contributed by atoms with Crippen LogP contribution in [0.5, 0.6) is 0 Å². The molecule has 1 atom stereocenters. The number of benzene rings is 3. The Kier molecular flexibility index (Phi) is 6.34. The van der Waals surface area contributed by atoms with Crippen molar-refractivity contribution < 1.29 is 19.1 Å². The SMILES string of the molecule is CCN(CC)c1ccc(C2C(C(=O)c3cc4ccccc4o3)=C(O)C(=O)N2c2ccc(C)cc2C)cc1. The van der Waals surface area contributed by atoms with E-state index in [4.69, 9.17) is 4.42 Å². The van der Waals surface area contributed by atoms with Gasteiger partial charge in [-0.25, -0.2) is 0 Å². The first kappa shape index (κ1) is 24.4. The molecule has 0 bridgehead atoms. The van der Waals surface area contributed by atoms with Gasteiger partial charge in [0.25, 0.3) is 5.91 Å². The third kappa shape index (κ3) is 4.18. The predicted molar refractivity (Wildman–Crippen MR) is 146 cm³/mol. The number of nitrogens with zero attached hydrogens (tertiary/aromatic N) is 2. The fraction of sp³-hybridized carbons (Fsp3) is 0.226. The van der Waals surface area contributed by atoms with Crippen LogP contribution < -0.4 is 9.80 Å². The van der Waals surface area contributed by atoms with Gasteiger partial charge in [0.1, 0.15) is 5.58 Å². The Morgan fingerprint density at radius 2 is 1.68 bits per heavy atom. The van der Waals surface area contributed by atoms with E-state index in [1.165, 1.54) is 4.90 Å². The molecule has 4 aromatic rings. The van der Waals surface area contributed by atoms with Crippen molar-refractivity contribution in [1.29, 1.82) is 0 Å². The molecule has 2 heterocycles. The largest absolute Gasteiger partial charge is 0.503 e. The molecular weight excluding hydrogens is 464 g/mol. The van der Waals surface area contributed by atoms with Crippen molar-refractivity contribution in [3.63, 3.8) is 0 Å². The number of aryl methyl sites for hydroxylation is 2. The fourth-order valence-corrected chi connectivity index (χ4v) is 5.16. The summed E-state index contributed by atoms with van der Waals surface area (Å²) in [5.41, 5.74) is 4.95. The van der Waals surface area contributed by atoms with Gasteiger partial charge in [-0.15, -0.1) is 0 Å². The van der Waals surface area contributed by atoms with Crippen molar-refractivity contribution >= 4 is 34.0 Å². The minimum Gasteiger partial charge on any atom is -0.503 e. The summed E-state index contributed by atoms with van der Waals surface area (Å²) in [5.74, 6) is -1.58. The molecule has 188 valence electrons. The molecule has 5 rings (SSSR count). The number of furan rings is 1. The number of hydrogen-bond acceptors (Lipinski definition) is 5. The highest BCUT2D eigenvalue weighted by molar-refractivity contribution is 6.20. The summed E-state index contributed by atoms with van der Waals surface area (Å²) >= 11 is 0. The lowest BCUT2D eigenvalue weighted by atomic mass is 9.94. The van der Waals surface area contributed by atoms with Gasteiger partial charge in [-0.05, 0) is 69.2 Å². The molecule has 0 radical (unpaired) electrons. The summed E-state index contributed by atoms with van der Waals surface area (Å²) < 4.78 is 5.84. The topological polar surface area (TPSA) is 74.0 Å². The second-order valence-electron chi connectivity index (χ2n) is 9.37. The van der Waals surface area contributed by atoms with Crippen molar-refractivity contribution in [1.82, 2.24) is 0 Å². The molecule has 0 saturated heterocycles. The third-order valence-electron chi connectivity index (χ3n) is 7.05. The summed E-state index contributed by atoms with van der Waals surface area (Å²) in [7, 11) is 0. The van der Waals surface area contributed by atoms with Crippen LogP contribution in [0.25, 0.3) is 11.0 Å². The molecule has 0 fully saturated rings. The van der Waals surface area contributed by atoms with E-state index in [-0.39, 0.29) is 11.3 Å². The Morgan fingerprint density at radius 3 is 2.32 bits per heavy atom. The van der Waals surface area contributed by atoms with Gasteiger partial charge in [0, 0.05) is 29.9 Å². The van der Waals surface area contributed by atoms with E-state index in [2.05, 4.69) is 18.7 Å². The Balaban J connectivity index is 1.65. The highest BCUT2D eigenvalue weighted by Gasteiger charge is 2.45. The number of aliphatic hydroxyl groups is 1. The van der Waals surface area contributed by atoms with Crippen LogP contribution in [0.15, 0.2) is 88.5 Å². The van der Waals surface area contributed by atoms with Gasteiger partial charge in [0.15, 0.2) is 11.5 Å². The van der Waals surface area contributed by atoms with Crippen LogP contribution in [-0.2, 0) is 4.79 Å². The van der Waals surface area contributed by atoms with Crippen LogP contribution in [0.4, 0.5) is 11.4 Å². The Labute approximate surface area is 216 Å². The number of carbonyl (C=O) groups is 2. The molecule has 1 aromatic heterocycles. The molecule has 6 nitrogen and oxygen atoms in total. The summed E-state index contributed by atoms with van der Waals surface area (Å²) in [6.45, 7) is 9.83. The minimum absolute atomic E-state index is 0.0135. The average Bonchev–Trinajstić information content (AvgIpc) is 3.44. The number of aliphatic hydroxyl groups excluding tert-OH is 1. The molecule has 0 spiro atoms. The van der Waals surface area contributed by atoms with E-state index in [1.807, 2.05) is 74.5 Å². The number of Topliss-reactive ketones (excluding diaryl/α,β-unsaturated/α-hetero) is 1. The summed E-state index contributed by atoms with van der Waals surface area (Å²) in [6, 6.07) is 21.8. The molecule has 1 amide bonds. The predicted octanol–water partition coefficient (Wildman–Crippen LogP) is 6.68. The highest BCUT2D eigenvalue weighted by Crippen LogP contribution is 2.43. The molecule has 0 aliphatic carbocycles. The molecule has 6 heteroatoms. The maximum absolute atomic E-state index is 13.8. The number of hydrogen-bond donors (Lipinski definition) is 1. The standard InChI is InChI=1S/C31H30N2O4/c1-5-32(6-2)23-14-12-21(13-15-23)28-27(29(34)26-18-22-9-7-8-10-25(22)37-26)30(35)31(36)33(28)24-16-11-19(3)17-20(24)4/h7-18,28,35H,5-6H2,1-4H3. The lowest BCUT2D eigenvalue weighted by molar-refractivity contribution is -0.117. The van der Waals surface area contributed by atoms with Crippen LogP contribution in [0.1, 0.15) is 47.1 Å². The smallest absolute Gasteiger partial charge is 0.294 e. The van der Waals surface area contributed by atoms with Crippen LogP contribution >= 0.6 is 0 Å². The molecule has 0 saturated carbocycles. The first-order valence-corrected chi connectivity index (χ1v) is 12.6. The first-order chi connectivity index (χ1) is 17.8. The Morgan fingerprint density at radius 1 is 0.973 bits per heavy atom. The quantitative estimate of drug-likeness (QED) is 0.290. The van der Waals surface area contributed by atoms with Gasteiger partial charge in [-0.1, -0.05) is 48.0 Å². The van der Waals surface area contributed by atoms with E-state index < -0.39 is 23.5 Å². The van der Waals surface area contributed by atoms with Gasteiger partial charge in [-0.2, -0.15) is 0 Å². The zero-order valence-corrected chi connectivity index (χ0v) is 21.5. The monoisotopic (exact) mass is 494 g/mol. The second kappa shape index (κ2) is 9.62. The number of amides is 1. The number of rotatable bonds is 7. The highest BCUT2D eigenvalue weighted by atomic mass is 16.3. The summed E-state index contributed by atoms with van der Waals surface area (Å²) in [5, 5.41) is 11.9. The molecule has 1 N–H and O–H groups in total. The number of carbonyl (C=O) groups excluding carboxylic acids is 2.